The molecule has 0 aromatic carbocycles. The molecule has 0 radical (unpaired) electrons. The monoisotopic (exact) mass is 253 g/mol. The molecule has 18 heavy (non-hydrogen) atoms. The van der Waals surface area contributed by atoms with Crippen LogP contribution in [0.15, 0.2) is 0 Å². The van der Waals surface area contributed by atoms with Crippen LogP contribution >= 0.6 is 0 Å². The van der Waals surface area contributed by atoms with Crippen molar-refractivity contribution in [1.29, 1.82) is 0 Å². The summed E-state index contributed by atoms with van der Waals surface area (Å²) in [4.78, 5) is 14.1. The third kappa shape index (κ3) is 5.88. The predicted octanol–water partition coefficient (Wildman–Crippen LogP) is 4.39. The van der Waals surface area contributed by atoms with Crippen molar-refractivity contribution in [2.45, 2.75) is 78.1 Å². The van der Waals surface area contributed by atoms with Crippen molar-refractivity contribution in [3.05, 3.63) is 0 Å². The molecule has 0 aliphatic carbocycles. The van der Waals surface area contributed by atoms with Crippen LogP contribution in [0.5, 0.6) is 0 Å². The molecule has 0 spiro atoms. The van der Waals surface area contributed by atoms with Gasteiger partial charge in [-0.2, -0.15) is 0 Å². The van der Waals surface area contributed by atoms with E-state index in [4.69, 9.17) is 0 Å². The van der Waals surface area contributed by atoms with E-state index in [-0.39, 0.29) is 0 Å². The highest BCUT2D eigenvalue weighted by atomic mass is 16.2. The third-order valence-corrected chi connectivity index (χ3v) is 4.14. The van der Waals surface area contributed by atoms with E-state index in [1.807, 2.05) is 0 Å². The normalized spacial score (nSPS) is 18.8. The van der Waals surface area contributed by atoms with Gasteiger partial charge >= 0.3 is 0 Å². The second kappa shape index (κ2) is 9.41. The molecule has 1 heterocycles. The van der Waals surface area contributed by atoms with Gasteiger partial charge in [0.05, 0.1) is 0 Å². The van der Waals surface area contributed by atoms with Crippen LogP contribution in [0.2, 0.25) is 0 Å². The Labute approximate surface area is 113 Å². The van der Waals surface area contributed by atoms with Crippen LogP contribution in [-0.2, 0) is 4.79 Å². The van der Waals surface area contributed by atoms with Crippen molar-refractivity contribution in [1.82, 2.24) is 4.90 Å². The molecule has 1 unspecified atom stereocenters. The van der Waals surface area contributed by atoms with Gasteiger partial charge in [-0.3, -0.25) is 4.79 Å². The molecule has 0 saturated carbocycles. The molecular weight excluding hydrogens is 222 g/mol. The second-order valence-electron chi connectivity index (χ2n) is 5.78. The van der Waals surface area contributed by atoms with E-state index in [1.54, 1.807) is 0 Å². The molecule has 1 amide bonds. The summed E-state index contributed by atoms with van der Waals surface area (Å²) in [5, 5.41) is 0. The van der Waals surface area contributed by atoms with Gasteiger partial charge in [0.2, 0.25) is 5.91 Å². The quantitative estimate of drug-likeness (QED) is 0.628. The lowest BCUT2D eigenvalue weighted by Gasteiger charge is -2.24. The molecule has 0 bridgehead atoms. The number of carbonyl (C=O) groups is 1. The largest absolute Gasteiger partial charge is 0.343 e. The molecular formula is C16H31NO. The highest BCUT2D eigenvalue weighted by Crippen LogP contribution is 2.20. The summed E-state index contributed by atoms with van der Waals surface area (Å²) in [6, 6.07) is 0. The number of carbonyl (C=O) groups excluding carboxylic acids is 1. The average molecular weight is 253 g/mol. The molecule has 2 heteroatoms. The molecule has 1 saturated heterocycles. The summed E-state index contributed by atoms with van der Waals surface area (Å²) in [7, 11) is 0. The van der Waals surface area contributed by atoms with Crippen molar-refractivity contribution in [3.63, 3.8) is 0 Å². The lowest BCUT2D eigenvalue weighted by molar-refractivity contribution is -0.130. The molecule has 1 fully saturated rings. The van der Waals surface area contributed by atoms with Crippen LogP contribution in [0.4, 0.5) is 0 Å². The van der Waals surface area contributed by atoms with Gasteiger partial charge in [-0.1, -0.05) is 52.4 Å². The van der Waals surface area contributed by atoms with E-state index in [2.05, 4.69) is 18.7 Å². The van der Waals surface area contributed by atoms with Crippen LogP contribution in [0.3, 0.4) is 0 Å². The molecule has 106 valence electrons. The first-order chi connectivity index (χ1) is 8.77. The first-order valence-electron chi connectivity index (χ1n) is 8.05. The predicted molar refractivity (Wildman–Crippen MR) is 77.6 cm³/mol. The SMILES string of the molecule is CCCCC(CCC)CCN1CCCCCC1=O. The van der Waals surface area contributed by atoms with E-state index in [0.29, 0.717) is 5.91 Å². The number of hydrogen-bond acceptors (Lipinski definition) is 1. The van der Waals surface area contributed by atoms with Crippen LogP contribution < -0.4 is 0 Å². The summed E-state index contributed by atoms with van der Waals surface area (Å²) in [5.74, 6) is 1.24. The summed E-state index contributed by atoms with van der Waals surface area (Å²) in [5.41, 5.74) is 0. The fraction of sp³-hybridized carbons (Fsp3) is 0.938. The Bertz CT molecular complexity index is 227. The molecule has 0 aromatic heterocycles. The Balaban J connectivity index is 2.32. The molecule has 1 aliphatic heterocycles. The van der Waals surface area contributed by atoms with Crippen molar-refractivity contribution < 1.29 is 4.79 Å². The number of hydrogen-bond donors (Lipinski definition) is 0. The Morgan fingerprint density at radius 2 is 1.89 bits per heavy atom. The Hall–Kier alpha value is -0.530. The maximum atomic E-state index is 11.9. The Kier molecular flexibility index (Phi) is 8.11. The van der Waals surface area contributed by atoms with Crippen molar-refractivity contribution in [3.8, 4) is 0 Å². The number of amides is 1. The van der Waals surface area contributed by atoms with Gasteiger partial charge in [0.25, 0.3) is 0 Å². The first-order valence-corrected chi connectivity index (χ1v) is 8.05. The highest BCUT2D eigenvalue weighted by Gasteiger charge is 2.17. The van der Waals surface area contributed by atoms with Gasteiger partial charge in [0.15, 0.2) is 0 Å². The summed E-state index contributed by atoms with van der Waals surface area (Å²) in [6.45, 7) is 6.55. The van der Waals surface area contributed by atoms with E-state index >= 15 is 0 Å². The molecule has 0 N–H and O–H groups in total. The third-order valence-electron chi connectivity index (χ3n) is 4.14. The molecule has 1 atom stereocenters. The van der Waals surface area contributed by atoms with Gasteiger partial charge in [0.1, 0.15) is 0 Å². The first kappa shape index (κ1) is 15.5. The Morgan fingerprint density at radius 1 is 1.06 bits per heavy atom. The van der Waals surface area contributed by atoms with Gasteiger partial charge in [-0.25, -0.2) is 0 Å². The number of rotatable bonds is 8. The molecule has 1 aliphatic rings. The maximum Gasteiger partial charge on any atom is 0.222 e. The van der Waals surface area contributed by atoms with Crippen LogP contribution in [-0.4, -0.2) is 23.9 Å². The van der Waals surface area contributed by atoms with Gasteiger partial charge < -0.3 is 4.90 Å². The smallest absolute Gasteiger partial charge is 0.222 e. The number of unbranched alkanes of at least 4 members (excludes halogenated alkanes) is 1. The Morgan fingerprint density at radius 3 is 2.61 bits per heavy atom. The van der Waals surface area contributed by atoms with Gasteiger partial charge in [-0.05, 0) is 25.2 Å². The minimum atomic E-state index is 0.401. The molecule has 2 nitrogen and oxygen atoms in total. The minimum absolute atomic E-state index is 0.401. The minimum Gasteiger partial charge on any atom is -0.343 e. The summed E-state index contributed by atoms with van der Waals surface area (Å²) < 4.78 is 0. The fourth-order valence-electron chi connectivity index (χ4n) is 2.95. The summed E-state index contributed by atoms with van der Waals surface area (Å²) in [6.07, 6.45) is 12.2. The maximum absolute atomic E-state index is 11.9. The fourth-order valence-corrected chi connectivity index (χ4v) is 2.95. The number of nitrogens with zero attached hydrogens (tertiary/aromatic N) is 1. The molecule has 1 rings (SSSR count). The van der Waals surface area contributed by atoms with Crippen LogP contribution in [0.25, 0.3) is 0 Å². The van der Waals surface area contributed by atoms with Gasteiger partial charge in [0, 0.05) is 19.5 Å². The van der Waals surface area contributed by atoms with E-state index < -0.39 is 0 Å². The average Bonchev–Trinajstić information content (AvgIpc) is 2.58. The zero-order valence-electron chi connectivity index (χ0n) is 12.4. The number of likely N-dealkylation sites (tertiary alicyclic amines) is 1. The van der Waals surface area contributed by atoms with Crippen molar-refractivity contribution >= 4 is 5.91 Å². The zero-order chi connectivity index (χ0) is 13.2. The van der Waals surface area contributed by atoms with E-state index in [9.17, 15) is 4.79 Å². The van der Waals surface area contributed by atoms with Crippen molar-refractivity contribution in [2.75, 3.05) is 13.1 Å². The van der Waals surface area contributed by atoms with Crippen molar-refractivity contribution in [2.24, 2.45) is 5.92 Å². The standard InChI is InChI=1S/C16H31NO/c1-3-5-10-15(9-4-2)12-14-17-13-8-6-7-11-16(17)18/h15H,3-14H2,1-2H3. The van der Waals surface area contributed by atoms with Crippen LogP contribution in [0, 0.1) is 5.92 Å². The lowest BCUT2D eigenvalue weighted by Crippen LogP contribution is -2.32. The second-order valence-corrected chi connectivity index (χ2v) is 5.78. The van der Waals surface area contributed by atoms with E-state index in [1.165, 1.54) is 51.4 Å². The van der Waals surface area contributed by atoms with E-state index in [0.717, 1.165) is 31.8 Å². The molecule has 0 aromatic rings. The summed E-state index contributed by atoms with van der Waals surface area (Å²) >= 11 is 0. The van der Waals surface area contributed by atoms with Gasteiger partial charge in [-0.15, -0.1) is 0 Å². The zero-order valence-corrected chi connectivity index (χ0v) is 12.4. The topological polar surface area (TPSA) is 20.3 Å². The van der Waals surface area contributed by atoms with Crippen LogP contribution in [0.1, 0.15) is 78.1 Å². The lowest BCUT2D eigenvalue weighted by atomic mass is 9.93. The highest BCUT2D eigenvalue weighted by molar-refractivity contribution is 5.76.